The van der Waals surface area contributed by atoms with Crippen LogP contribution in [0.25, 0.3) is 23.3 Å². The number of Topliss-reactive ketones (excluding diaryl/α,β-unsaturated/α-hetero) is 1. The molecule has 0 aromatic heterocycles. The molecule has 12 nitrogen and oxygen atoms in total. The molecule has 1 heterocycles. The number of carbonyl (C=O) groups excluding carboxylic acids is 2. The van der Waals surface area contributed by atoms with Crippen molar-refractivity contribution < 1.29 is 37.1 Å². The normalized spacial score (nSPS) is 15.2. The van der Waals surface area contributed by atoms with Gasteiger partial charge in [0.2, 0.25) is 21.7 Å². The predicted octanol–water partition coefficient (Wildman–Crippen LogP) is 5.99. The highest BCUT2D eigenvalue weighted by Crippen LogP contribution is 2.39. The summed E-state index contributed by atoms with van der Waals surface area (Å²) >= 11 is 0. The second-order valence-electron chi connectivity index (χ2n) is 11.0. The number of anilines is 1. The van der Waals surface area contributed by atoms with Crippen LogP contribution < -0.4 is 19.5 Å². The Morgan fingerprint density at radius 2 is 1.49 bits per heavy atom. The van der Waals surface area contributed by atoms with Gasteiger partial charge in [-0.15, -0.1) is 0 Å². The molecule has 0 saturated carbocycles. The van der Waals surface area contributed by atoms with E-state index in [0.29, 0.717) is 45.2 Å². The van der Waals surface area contributed by atoms with E-state index in [4.69, 9.17) is 14.2 Å². The third-order valence-corrected chi connectivity index (χ3v) is 9.58. The van der Waals surface area contributed by atoms with Gasteiger partial charge >= 0.3 is 0 Å². The zero-order valence-electron chi connectivity index (χ0n) is 27.1. The maximum atomic E-state index is 14.1. The molecule has 0 bridgehead atoms. The topological polar surface area (TPSA) is 154 Å². The third-order valence-electron chi connectivity index (χ3n) is 7.78. The van der Waals surface area contributed by atoms with Crippen LogP contribution in [0, 0.1) is 10.1 Å². The lowest BCUT2D eigenvalue weighted by atomic mass is 9.92. The quantitative estimate of drug-likeness (QED) is 0.121. The number of benzene rings is 4. The Morgan fingerprint density at radius 1 is 0.857 bits per heavy atom. The van der Waals surface area contributed by atoms with Crippen LogP contribution in [-0.2, 0) is 19.6 Å². The van der Waals surface area contributed by atoms with Crippen molar-refractivity contribution >= 4 is 45.2 Å². The van der Waals surface area contributed by atoms with E-state index in [1.165, 1.54) is 69.0 Å². The average molecular weight is 684 g/mol. The average Bonchev–Trinajstić information content (AvgIpc) is 3.09. The highest BCUT2D eigenvalue weighted by atomic mass is 32.2. The maximum Gasteiger partial charge on any atom is 0.270 e. The van der Waals surface area contributed by atoms with Crippen LogP contribution in [0.1, 0.15) is 18.1 Å². The van der Waals surface area contributed by atoms with Gasteiger partial charge in [0.1, 0.15) is 0 Å². The minimum absolute atomic E-state index is 0.0283. The number of nitro groups is 1. The molecule has 1 aliphatic heterocycles. The number of sulfonamides is 1. The highest BCUT2D eigenvalue weighted by Gasteiger charge is 2.34. The summed E-state index contributed by atoms with van der Waals surface area (Å²) < 4.78 is 45.7. The second-order valence-corrected chi connectivity index (χ2v) is 12.9. The summed E-state index contributed by atoms with van der Waals surface area (Å²) in [5, 5.41) is 14.1. The molecule has 1 N–H and O–H groups in total. The van der Waals surface area contributed by atoms with Crippen LogP contribution in [0.4, 0.5) is 11.4 Å². The van der Waals surface area contributed by atoms with Gasteiger partial charge in [0.15, 0.2) is 17.3 Å². The highest BCUT2D eigenvalue weighted by molar-refractivity contribution is 7.89. The van der Waals surface area contributed by atoms with Gasteiger partial charge < -0.3 is 19.5 Å². The van der Waals surface area contributed by atoms with E-state index in [0.717, 1.165) is 0 Å². The van der Waals surface area contributed by atoms with Crippen LogP contribution in [-0.4, -0.2) is 63.8 Å². The number of piperidine rings is 1. The summed E-state index contributed by atoms with van der Waals surface area (Å²) in [6.45, 7) is 0.863. The number of methoxy groups -OCH3 is 3. The van der Waals surface area contributed by atoms with Gasteiger partial charge in [0.25, 0.3) is 5.69 Å². The first-order valence-electron chi connectivity index (χ1n) is 14.9. The van der Waals surface area contributed by atoms with Gasteiger partial charge in [-0.2, -0.15) is 4.31 Å². The number of nitrogens with one attached hydrogen (secondary N) is 1. The molecule has 1 amide bonds. The first-order chi connectivity index (χ1) is 23.4. The van der Waals surface area contributed by atoms with Gasteiger partial charge in [0, 0.05) is 49.0 Å². The van der Waals surface area contributed by atoms with E-state index in [2.05, 4.69) is 5.32 Å². The monoisotopic (exact) mass is 683 g/mol. The van der Waals surface area contributed by atoms with Crippen LogP contribution in [0.2, 0.25) is 0 Å². The first kappa shape index (κ1) is 34.5. The van der Waals surface area contributed by atoms with Crippen LogP contribution in [0.3, 0.4) is 0 Å². The molecule has 4 aromatic rings. The molecule has 13 heteroatoms. The number of rotatable bonds is 10. The number of carbonyl (C=O) groups is 2. The van der Waals surface area contributed by atoms with Crippen molar-refractivity contribution in [2.24, 2.45) is 0 Å². The fraction of sp³-hybridized carbons (Fsp3) is 0.167. The van der Waals surface area contributed by atoms with Gasteiger partial charge in [-0.3, -0.25) is 19.7 Å². The van der Waals surface area contributed by atoms with E-state index in [1.807, 2.05) is 0 Å². The summed E-state index contributed by atoms with van der Waals surface area (Å²) in [5.74, 6) is 0.374. The fourth-order valence-corrected chi connectivity index (χ4v) is 6.88. The molecule has 0 radical (unpaired) electrons. The van der Waals surface area contributed by atoms with Gasteiger partial charge in [0.05, 0.1) is 31.1 Å². The molecule has 1 aliphatic rings. The van der Waals surface area contributed by atoms with E-state index in [9.17, 15) is 28.1 Å². The summed E-state index contributed by atoms with van der Waals surface area (Å²) in [4.78, 5) is 36.6. The second kappa shape index (κ2) is 14.5. The first-order valence-corrected chi connectivity index (χ1v) is 16.4. The zero-order chi connectivity index (χ0) is 35.3. The molecule has 1 saturated heterocycles. The largest absolute Gasteiger partial charge is 0.493 e. The van der Waals surface area contributed by atoms with E-state index >= 15 is 0 Å². The van der Waals surface area contributed by atoms with Gasteiger partial charge in [-0.05, 0) is 70.8 Å². The Labute approximate surface area is 283 Å². The zero-order valence-corrected chi connectivity index (χ0v) is 27.9. The number of amides is 1. The number of non-ortho nitro benzene ring substituents is 1. The van der Waals surface area contributed by atoms with Gasteiger partial charge in [-0.1, -0.05) is 36.4 Å². The molecule has 49 heavy (non-hydrogen) atoms. The predicted molar refractivity (Wildman–Crippen MR) is 185 cm³/mol. The van der Waals surface area contributed by atoms with Crippen molar-refractivity contribution in [3.8, 4) is 28.4 Å². The van der Waals surface area contributed by atoms with Crippen molar-refractivity contribution in [2.75, 3.05) is 39.7 Å². The number of ether oxygens (including phenoxy) is 3. The molecule has 4 aromatic carbocycles. The smallest absolute Gasteiger partial charge is 0.270 e. The SMILES string of the molecule is COc1cc(C=C2CN(S(=O)(=O)c3ccc(NC(C)=O)cc3)CC(=Cc3ccccc3-c3cccc([N+](=O)[O-])c3)C2=O)cc(OC)c1OC. The van der Waals surface area contributed by atoms with Crippen molar-refractivity contribution in [3.63, 3.8) is 0 Å². The molecule has 0 spiro atoms. The van der Waals surface area contributed by atoms with Crippen LogP contribution in [0.5, 0.6) is 17.2 Å². The Kier molecular flexibility index (Phi) is 10.3. The van der Waals surface area contributed by atoms with E-state index in [1.54, 1.807) is 60.7 Å². The third kappa shape index (κ3) is 7.53. The van der Waals surface area contributed by atoms with Gasteiger partial charge in [-0.25, -0.2) is 8.42 Å². The molecule has 0 unspecified atom stereocenters. The van der Waals surface area contributed by atoms with Crippen molar-refractivity contribution in [1.82, 2.24) is 4.31 Å². The molecular weight excluding hydrogens is 650 g/mol. The number of ketones is 1. The molecule has 0 atom stereocenters. The minimum atomic E-state index is -4.15. The van der Waals surface area contributed by atoms with Crippen LogP contribution >= 0.6 is 0 Å². The summed E-state index contributed by atoms with van der Waals surface area (Å²) in [6, 6.07) is 22.3. The molecule has 0 aliphatic carbocycles. The van der Waals surface area contributed by atoms with Crippen molar-refractivity contribution in [3.05, 3.63) is 117 Å². The number of nitrogens with zero attached hydrogens (tertiary/aromatic N) is 2. The minimum Gasteiger partial charge on any atom is -0.493 e. The Hall–Kier alpha value is -5.79. The summed E-state index contributed by atoms with van der Waals surface area (Å²) in [7, 11) is 0.244. The van der Waals surface area contributed by atoms with Crippen molar-refractivity contribution in [1.29, 1.82) is 0 Å². The lowest BCUT2D eigenvalue weighted by molar-refractivity contribution is -0.384. The lowest BCUT2D eigenvalue weighted by Crippen LogP contribution is -2.41. The standard InChI is InChI=1S/C36H33N3O9S/c1-23(40)37-29-12-14-31(15-13-29)49(44,45)38-21-27(16-24-17-33(46-2)36(48-4)34(18-24)47-3)35(41)28(22-38)19-25-8-5-6-11-32(25)26-9-7-10-30(20-26)39(42)43/h5-20H,21-22H2,1-4H3,(H,37,40). The summed E-state index contributed by atoms with van der Waals surface area (Å²) in [5.41, 5.74) is 2.95. The Morgan fingerprint density at radius 3 is 2.08 bits per heavy atom. The molecular formula is C36H33N3O9S. The number of nitro benzene ring substituents is 1. The Balaban J connectivity index is 1.64. The van der Waals surface area contributed by atoms with Crippen LogP contribution in [0.15, 0.2) is 101 Å². The molecule has 252 valence electrons. The fourth-order valence-electron chi connectivity index (χ4n) is 5.49. The van der Waals surface area contributed by atoms with Crippen molar-refractivity contribution in [2.45, 2.75) is 11.8 Å². The molecule has 5 rings (SSSR count). The van der Waals surface area contributed by atoms with E-state index < -0.39 is 14.9 Å². The summed E-state index contributed by atoms with van der Waals surface area (Å²) in [6.07, 6.45) is 3.19. The Bertz CT molecular complexity index is 2080. The maximum absolute atomic E-state index is 14.1. The lowest BCUT2D eigenvalue weighted by Gasteiger charge is -2.29. The number of hydrogen-bond donors (Lipinski definition) is 1. The molecule has 1 fully saturated rings. The number of hydrogen-bond acceptors (Lipinski definition) is 9. The van der Waals surface area contributed by atoms with E-state index in [-0.39, 0.29) is 46.5 Å².